The number of rotatable bonds is 5. The number of nitrogens with zero attached hydrogens (tertiary/aromatic N) is 2. The zero-order chi connectivity index (χ0) is 36.0. The Labute approximate surface area is 285 Å². The summed E-state index contributed by atoms with van der Waals surface area (Å²) >= 11 is 0. The van der Waals surface area contributed by atoms with Gasteiger partial charge in [-0.1, -0.05) is 109 Å². The lowest BCUT2D eigenvalue weighted by molar-refractivity contribution is 1.18. The van der Waals surface area contributed by atoms with E-state index in [1.54, 1.807) is 0 Å². The Morgan fingerprint density at radius 2 is 1.00 bits per heavy atom. The van der Waals surface area contributed by atoms with Crippen LogP contribution in [0.25, 0.3) is 70.9 Å². The Balaban J connectivity index is 1.17. The number of benzene rings is 9. The molecule has 0 amide bonds. The third-order valence-corrected chi connectivity index (χ3v) is 9.51. The molecule has 0 saturated carbocycles. The average molecular weight is 616 g/mol. The van der Waals surface area contributed by atoms with Gasteiger partial charge in [-0.2, -0.15) is 0 Å². The fourth-order valence-corrected chi connectivity index (χ4v) is 7.47. The van der Waals surface area contributed by atoms with Gasteiger partial charge in [-0.25, -0.2) is 0 Å². The van der Waals surface area contributed by atoms with Gasteiger partial charge in [0.05, 0.1) is 17.9 Å². The first-order chi connectivity index (χ1) is 25.9. The predicted octanol–water partition coefficient (Wildman–Crippen LogP) is 12.8. The molecule has 224 valence electrons. The van der Waals surface area contributed by atoms with Crippen molar-refractivity contribution in [3.63, 3.8) is 0 Å². The molecule has 2 nitrogen and oxygen atoms in total. The van der Waals surface area contributed by atoms with Crippen molar-refractivity contribution in [3.05, 3.63) is 182 Å². The van der Waals surface area contributed by atoms with Gasteiger partial charge in [0.25, 0.3) is 0 Å². The van der Waals surface area contributed by atoms with E-state index in [2.05, 4.69) is 137 Å². The highest BCUT2D eigenvalue weighted by atomic mass is 15.1. The van der Waals surface area contributed by atoms with E-state index in [0.29, 0.717) is 5.56 Å². The van der Waals surface area contributed by atoms with Crippen LogP contribution < -0.4 is 4.90 Å². The SMILES string of the molecule is [2H]c1c([2H])c([2H])c(-c2cc3ccc4cc(N(c5ccccc5)c5ccc6c(c5)c5ccccc5n6-c5ccccc5)cc5ccc(c2)c3c45)c([2H])c1[2H]. The van der Waals surface area contributed by atoms with Crippen LogP contribution in [-0.2, 0) is 0 Å². The molecule has 1 heterocycles. The Morgan fingerprint density at radius 1 is 0.417 bits per heavy atom. The summed E-state index contributed by atoms with van der Waals surface area (Å²) in [6.45, 7) is 0. The summed E-state index contributed by atoms with van der Waals surface area (Å²) < 4.78 is 44.0. The molecule has 10 rings (SSSR count). The van der Waals surface area contributed by atoms with Gasteiger partial charge >= 0.3 is 0 Å². The van der Waals surface area contributed by atoms with Crippen molar-refractivity contribution in [1.82, 2.24) is 4.57 Å². The van der Waals surface area contributed by atoms with Gasteiger partial charge in [0, 0.05) is 33.5 Å². The van der Waals surface area contributed by atoms with Crippen LogP contribution in [0.5, 0.6) is 0 Å². The number of para-hydroxylation sites is 3. The summed E-state index contributed by atoms with van der Waals surface area (Å²) in [5.41, 5.74) is 7.39. The zero-order valence-corrected chi connectivity index (χ0v) is 25.8. The number of anilines is 3. The Bertz CT molecular complexity index is 2970. The maximum Gasteiger partial charge on any atom is 0.0629 e. The molecule has 0 atom stereocenters. The minimum absolute atomic E-state index is 0.197. The predicted molar refractivity (Wildman–Crippen MR) is 205 cm³/mol. The lowest BCUT2D eigenvalue weighted by atomic mass is 9.91. The standard InChI is InChI=1S/C46H30N2/c1-4-12-31(13-5-1)36-26-32-20-22-34-28-40(29-35-23-21-33(27-36)45(32)46(34)35)47(37-14-6-2-7-15-37)39-24-25-44-42(30-39)41-18-10-11-19-43(41)48(44)38-16-8-3-9-17-38/h1-30H/i1D,4D,5D,12D,13D. The molecule has 0 fully saturated rings. The van der Waals surface area contributed by atoms with E-state index in [-0.39, 0.29) is 35.8 Å². The highest BCUT2D eigenvalue weighted by Crippen LogP contribution is 2.44. The minimum atomic E-state index is -0.388. The first-order valence-corrected chi connectivity index (χ1v) is 16.1. The fourth-order valence-electron chi connectivity index (χ4n) is 7.47. The largest absolute Gasteiger partial charge is 0.310 e. The molecule has 0 aliphatic carbocycles. The van der Waals surface area contributed by atoms with Gasteiger partial charge in [0.15, 0.2) is 0 Å². The zero-order valence-electron chi connectivity index (χ0n) is 30.8. The molecular weight excluding hydrogens is 581 g/mol. The van der Waals surface area contributed by atoms with Gasteiger partial charge in [-0.15, -0.1) is 0 Å². The highest BCUT2D eigenvalue weighted by Gasteiger charge is 2.19. The molecule has 48 heavy (non-hydrogen) atoms. The highest BCUT2D eigenvalue weighted by molar-refractivity contribution is 6.24. The Hall–Kier alpha value is -6.38. The fraction of sp³-hybridized carbons (Fsp3) is 0. The summed E-state index contributed by atoms with van der Waals surface area (Å²) in [5, 5.41) is 8.68. The molecule has 0 spiro atoms. The molecule has 1 aromatic heterocycles. The number of hydrogen-bond acceptors (Lipinski definition) is 1. The van der Waals surface area contributed by atoms with Gasteiger partial charge < -0.3 is 9.47 Å². The topological polar surface area (TPSA) is 8.17 Å². The molecule has 10 aromatic rings. The van der Waals surface area contributed by atoms with E-state index in [0.717, 1.165) is 66.1 Å². The normalized spacial score (nSPS) is 13.2. The van der Waals surface area contributed by atoms with Gasteiger partial charge in [-0.3, -0.25) is 0 Å². The van der Waals surface area contributed by atoms with E-state index < -0.39 is 0 Å². The minimum Gasteiger partial charge on any atom is -0.310 e. The summed E-state index contributed by atoms with van der Waals surface area (Å²) in [5.74, 6) is 0. The summed E-state index contributed by atoms with van der Waals surface area (Å²) in [6.07, 6.45) is 0. The monoisotopic (exact) mass is 615 g/mol. The molecule has 9 aromatic carbocycles. The first-order valence-electron chi connectivity index (χ1n) is 18.6. The Morgan fingerprint density at radius 3 is 1.69 bits per heavy atom. The van der Waals surface area contributed by atoms with Crippen LogP contribution in [0.1, 0.15) is 6.85 Å². The average Bonchev–Trinajstić information content (AvgIpc) is 3.53. The van der Waals surface area contributed by atoms with Gasteiger partial charge in [0.1, 0.15) is 0 Å². The molecule has 0 aliphatic heterocycles. The molecule has 0 bridgehead atoms. The van der Waals surface area contributed by atoms with Crippen LogP contribution >= 0.6 is 0 Å². The molecular formula is C46H30N2. The first kappa shape index (κ1) is 22.2. The maximum absolute atomic E-state index is 8.59. The van der Waals surface area contributed by atoms with Gasteiger partial charge in [0.2, 0.25) is 0 Å². The van der Waals surface area contributed by atoms with E-state index in [9.17, 15) is 0 Å². The van der Waals surface area contributed by atoms with Crippen molar-refractivity contribution in [2.75, 3.05) is 4.90 Å². The summed E-state index contributed by atoms with van der Waals surface area (Å²) in [7, 11) is 0. The second-order valence-corrected chi connectivity index (χ2v) is 12.3. The molecule has 0 aliphatic rings. The Kier molecular flexibility index (Phi) is 4.89. The second-order valence-electron chi connectivity index (χ2n) is 12.3. The maximum atomic E-state index is 8.59. The number of hydrogen-bond donors (Lipinski definition) is 0. The molecule has 0 radical (unpaired) electrons. The molecule has 0 saturated heterocycles. The van der Waals surface area contributed by atoms with Crippen molar-refractivity contribution in [2.45, 2.75) is 0 Å². The van der Waals surface area contributed by atoms with Crippen LogP contribution in [-0.4, -0.2) is 4.57 Å². The smallest absolute Gasteiger partial charge is 0.0629 e. The van der Waals surface area contributed by atoms with Crippen molar-refractivity contribution in [3.8, 4) is 16.8 Å². The summed E-state index contributed by atoms with van der Waals surface area (Å²) in [4.78, 5) is 2.32. The van der Waals surface area contributed by atoms with E-state index >= 15 is 0 Å². The van der Waals surface area contributed by atoms with Crippen LogP contribution in [0.3, 0.4) is 0 Å². The lowest BCUT2D eigenvalue weighted by Crippen LogP contribution is -2.10. The molecule has 0 N–H and O–H groups in total. The van der Waals surface area contributed by atoms with E-state index in [4.69, 9.17) is 6.85 Å². The number of fused-ring (bicyclic) bond motifs is 3. The summed E-state index contributed by atoms with van der Waals surface area (Å²) in [6, 6.07) is 51.6. The molecule has 0 unspecified atom stereocenters. The quantitative estimate of drug-likeness (QED) is 0.175. The van der Waals surface area contributed by atoms with Crippen LogP contribution in [0.4, 0.5) is 17.1 Å². The van der Waals surface area contributed by atoms with Crippen molar-refractivity contribution >= 4 is 71.2 Å². The third kappa shape index (κ3) is 4.13. The van der Waals surface area contributed by atoms with Crippen LogP contribution in [0.15, 0.2) is 182 Å². The van der Waals surface area contributed by atoms with Crippen molar-refractivity contribution < 1.29 is 6.85 Å². The second kappa shape index (κ2) is 10.6. The molecule has 2 heteroatoms. The van der Waals surface area contributed by atoms with E-state index in [1.807, 2.05) is 24.3 Å². The third-order valence-electron chi connectivity index (χ3n) is 9.51. The van der Waals surface area contributed by atoms with Crippen molar-refractivity contribution in [2.24, 2.45) is 0 Å². The van der Waals surface area contributed by atoms with Crippen LogP contribution in [0.2, 0.25) is 0 Å². The van der Waals surface area contributed by atoms with Crippen molar-refractivity contribution in [1.29, 1.82) is 0 Å². The lowest BCUT2D eigenvalue weighted by Gasteiger charge is -2.27. The van der Waals surface area contributed by atoms with Crippen LogP contribution in [0, 0.1) is 0 Å². The number of aromatic nitrogens is 1. The van der Waals surface area contributed by atoms with E-state index in [1.165, 1.54) is 10.8 Å². The van der Waals surface area contributed by atoms with Gasteiger partial charge in [-0.05, 0) is 116 Å².